The van der Waals surface area contributed by atoms with Crippen molar-refractivity contribution in [2.24, 2.45) is 10.2 Å². The van der Waals surface area contributed by atoms with Crippen LogP contribution in [0.4, 0.5) is 11.4 Å². The number of azo groups is 1. The van der Waals surface area contributed by atoms with E-state index in [0.717, 1.165) is 0 Å². The van der Waals surface area contributed by atoms with Crippen LogP contribution < -0.4 is 18.9 Å². The van der Waals surface area contributed by atoms with Gasteiger partial charge in [-0.2, -0.15) is 10.2 Å². The molecule has 0 radical (unpaired) electrons. The number of hydrogen-bond donors (Lipinski definition) is 1. The molecule has 8 heteroatoms. The maximum absolute atomic E-state index is 11.0. The van der Waals surface area contributed by atoms with Crippen molar-refractivity contribution < 1.29 is 28.8 Å². The summed E-state index contributed by atoms with van der Waals surface area (Å²) in [6, 6.07) is 6.11. The van der Waals surface area contributed by atoms with Crippen LogP contribution in [0.25, 0.3) is 0 Å². The predicted molar refractivity (Wildman–Crippen MR) is 90.3 cm³/mol. The van der Waals surface area contributed by atoms with E-state index in [0.29, 0.717) is 34.9 Å². The SMILES string of the molecule is COc1cc(N=Nc2cc(OC)c(OC)c(OC)c2)cc(C=O)c1O. The highest BCUT2D eigenvalue weighted by Crippen LogP contribution is 2.41. The summed E-state index contributed by atoms with van der Waals surface area (Å²) in [7, 11) is 5.88. The van der Waals surface area contributed by atoms with Gasteiger partial charge < -0.3 is 24.1 Å². The second-order valence-electron chi connectivity index (χ2n) is 4.79. The van der Waals surface area contributed by atoms with E-state index in [-0.39, 0.29) is 17.1 Å². The third kappa shape index (κ3) is 3.79. The van der Waals surface area contributed by atoms with Crippen molar-refractivity contribution in [3.63, 3.8) is 0 Å². The van der Waals surface area contributed by atoms with Gasteiger partial charge in [0.1, 0.15) is 0 Å². The third-order valence-corrected chi connectivity index (χ3v) is 3.37. The Morgan fingerprint density at radius 1 is 0.800 bits per heavy atom. The second kappa shape index (κ2) is 8.00. The monoisotopic (exact) mass is 346 g/mol. The molecule has 0 heterocycles. The van der Waals surface area contributed by atoms with Gasteiger partial charge in [-0.1, -0.05) is 0 Å². The molecule has 0 aliphatic rings. The van der Waals surface area contributed by atoms with Crippen molar-refractivity contribution in [1.29, 1.82) is 0 Å². The summed E-state index contributed by atoms with van der Waals surface area (Å²) in [6.07, 6.45) is 0.510. The first kappa shape index (κ1) is 18.1. The van der Waals surface area contributed by atoms with Crippen LogP contribution in [0.3, 0.4) is 0 Å². The molecular formula is C17H18N2O6. The Balaban J connectivity index is 2.44. The Hall–Kier alpha value is -3.29. The molecule has 0 aliphatic carbocycles. The van der Waals surface area contributed by atoms with E-state index in [2.05, 4.69) is 10.2 Å². The van der Waals surface area contributed by atoms with Crippen LogP contribution in [0.2, 0.25) is 0 Å². The third-order valence-electron chi connectivity index (χ3n) is 3.37. The van der Waals surface area contributed by atoms with Crippen molar-refractivity contribution in [1.82, 2.24) is 0 Å². The fourth-order valence-corrected chi connectivity index (χ4v) is 2.16. The molecule has 132 valence electrons. The molecule has 0 aromatic heterocycles. The molecule has 2 aromatic rings. The molecule has 8 nitrogen and oxygen atoms in total. The van der Waals surface area contributed by atoms with E-state index >= 15 is 0 Å². The molecule has 0 atom stereocenters. The Morgan fingerprint density at radius 3 is 1.72 bits per heavy atom. The molecule has 0 bridgehead atoms. The number of rotatable bonds is 7. The lowest BCUT2D eigenvalue weighted by Gasteiger charge is -2.12. The number of methoxy groups -OCH3 is 4. The second-order valence-corrected chi connectivity index (χ2v) is 4.79. The number of ether oxygens (including phenoxy) is 4. The summed E-state index contributed by atoms with van der Waals surface area (Å²) < 4.78 is 20.8. The highest BCUT2D eigenvalue weighted by molar-refractivity contribution is 5.83. The molecule has 0 fully saturated rings. The highest BCUT2D eigenvalue weighted by atomic mass is 16.5. The van der Waals surface area contributed by atoms with E-state index < -0.39 is 0 Å². The summed E-state index contributed by atoms with van der Waals surface area (Å²) in [5.41, 5.74) is 0.845. The van der Waals surface area contributed by atoms with Crippen LogP contribution in [-0.4, -0.2) is 39.8 Å². The summed E-state index contributed by atoms with van der Waals surface area (Å²) in [6.45, 7) is 0. The molecule has 1 N–H and O–H groups in total. The predicted octanol–water partition coefficient (Wildman–Crippen LogP) is 3.65. The van der Waals surface area contributed by atoms with E-state index in [1.165, 1.54) is 40.6 Å². The fourth-order valence-electron chi connectivity index (χ4n) is 2.16. The van der Waals surface area contributed by atoms with Crippen LogP contribution in [0.5, 0.6) is 28.7 Å². The Morgan fingerprint density at radius 2 is 1.28 bits per heavy atom. The van der Waals surface area contributed by atoms with Gasteiger partial charge in [0.25, 0.3) is 0 Å². The first-order valence-corrected chi connectivity index (χ1v) is 7.15. The first-order valence-electron chi connectivity index (χ1n) is 7.15. The lowest BCUT2D eigenvalue weighted by molar-refractivity contribution is 0.112. The van der Waals surface area contributed by atoms with Gasteiger partial charge in [0.15, 0.2) is 29.3 Å². The lowest BCUT2D eigenvalue weighted by Crippen LogP contribution is -1.94. The minimum Gasteiger partial charge on any atom is -0.504 e. The molecule has 0 saturated carbocycles. The van der Waals surface area contributed by atoms with Gasteiger partial charge in [0.05, 0.1) is 45.4 Å². The number of nitrogens with zero attached hydrogens (tertiary/aromatic N) is 2. The molecular weight excluding hydrogens is 328 g/mol. The van der Waals surface area contributed by atoms with Crippen molar-refractivity contribution in [3.05, 3.63) is 29.8 Å². The number of phenolic OH excluding ortho intramolecular Hbond substituents is 1. The summed E-state index contributed by atoms with van der Waals surface area (Å²) in [5, 5.41) is 18.0. The van der Waals surface area contributed by atoms with Crippen molar-refractivity contribution in [2.45, 2.75) is 0 Å². The smallest absolute Gasteiger partial charge is 0.203 e. The normalized spacial score (nSPS) is 10.6. The summed E-state index contributed by atoms with van der Waals surface area (Å²) in [5.74, 6) is 1.20. The molecule has 2 rings (SSSR count). The Bertz CT molecular complexity index is 779. The average Bonchev–Trinajstić information content (AvgIpc) is 2.65. The zero-order valence-electron chi connectivity index (χ0n) is 14.3. The number of aldehydes is 1. The molecule has 0 unspecified atom stereocenters. The number of carbonyl (C=O) groups excluding carboxylic acids is 1. The van der Waals surface area contributed by atoms with Crippen LogP contribution in [-0.2, 0) is 0 Å². The Kier molecular flexibility index (Phi) is 5.78. The van der Waals surface area contributed by atoms with Gasteiger partial charge in [0.2, 0.25) is 5.75 Å². The summed E-state index contributed by atoms with van der Waals surface area (Å²) >= 11 is 0. The number of carbonyl (C=O) groups is 1. The van der Waals surface area contributed by atoms with Gasteiger partial charge in [-0.05, 0) is 6.07 Å². The number of benzene rings is 2. The number of phenols is 1. The van der Waals surface area contributed by atoms with Crippen LogP contribution >= 0.6 is 0 Å². The number of hydrogen-bond acceptors (Lipinski definition) is 8. The zero-order chi connectivity index (χ0) is 18.4. The highest BCUT2D eigenvalue weighted by Gasteiger charge is 2.13. The Labute approximate surface area is 144 Å². The first-order chi connectivity index (χ1) is 12.1. The van der Waals surface area contributed by atoms with Crippen molar-refractivity contribution in [2.75, 3.05) is 28.4 Å². The maximum atomic E-state index is 11.0. The van der Waals surface area contributed by atoms with Gasteiger partial charge in [-0.3, -0.25) is 4.79 Å². The topological polar surface area (TPSA) is 98.9 Å². The minimum absolute atomic E-state index is 0.0539. The largest absolute Gasteiger partial charge is 0.504 e. The van der Waals surface area contributed by atoms with E-state index in [1.807, 2.05) is 0 Å². The lowest BCUT2D eigenvalue weighted by atomic mass is 10.2. The van der Waals surface area contributed by atoms with E-state index in [1.54, 1.807) is 12.1 Å². The minimum atomic E-state index is -0.246. The molecule has 0 saturated heterocycles. The van der Waals surface area contributed by atoms with Gasteiger partial charge in [-0.15, -0.1) is 0 Å². The number of aromatic hydroxyl groups is 1. The van der Waals surface area contributed by atoms with E-state index in [4.69, 9.17) is 18.9 Å². The van der Waals surface area contributed by atoms with Gasteiger partial charge in [-0.25, -0.2) is 0 Å². The fraction of sp³-hybridized carbons (Fsp3) is 0.235. The van der Waals surface area contributed by atoms with Gasteiger partial charge >= 0.3 is 0 Å². The molecule has 2 aromatic carbocycles. The molecule has 0 spiro atoms. The standard InChI is InChI=1S/C17H18N2O6/c1-22-13-6-11(5-10(9-20)16(13)21)18-19-12-7-14(23-2)17(25-4)15(8-12)24-3/h5-9,21H,1-4H3. The van der Waals surface area contributed by atoms with Crippen molar-refractivity contribution >= 4 is 17.7 Å². The molecule has 0 amide bonds. The zero-order valence-corrected chi connectivity index (χ0v) is 14.3. The molecule has 0 aliphatic heterocycles. The van der Waals surface area contributed by atoms with Crippen molar-refractivity contribution in [3.8, 4) is 28.7 Å². The quantitative estimate of drug-likeness (QED) is 0.607. The summed E-state index contributed by atoms with van der Waals surface area (Å²) in [4.78, 5) is 11.0. The van der Waals surface area contributed by atoms with E-state index in [9.17, 15) is 9.90 Å². The van der Waals surface area contributed by atoms with Gasteiger partial charge in [0, 0.05) is 18.2 Å². The van der Waals surface area contributed by atoms with Crippen LogP contribution in [0, 0.1) is 0 Å². The van der Waals surface area contributed by atoms with Crippen LogP contribution in [0.15, 0.2) is 34.5 Å². The molecule has 25 heavy (non-hydrogen) atoms. The average molecular weight is 346 g/mol. The van der Waals surface area contributed by atoms with Crippen LogP contribution in [0.1, 0.15) is 10.4 Å². The maximum Gasteiger partial charge on any atom is 0.203 e.